The number of rotatable bonds is 1. The molecule has 1 aliphatic rings. The van der Waals surface area contributed by atoms with Crippen molar-refractivity contribution in [2.45, 2.75) is 19.3 Å². The van der Waals surface area contributed by atoms with Gasteiger partial charge in [0.2, 0.25) is 11.8 Å². The minimum atomic E-state index is -0.189. The van der Waals surface area contributed by atoms with E-state index in [0.29, 0.717) is 30.5 Å². The summed E-state index contributed by atoms with van der Waals surface area (Å²) in [6.45, 7) is 0. The molecule has 0 radical (unpaired) electrons. The van der Waals surface area contributed by atoms with Crippen LogP contribution in [0.2, 0.25) is 0 Å². The molecular formula is C12H10N2O2. The lowest BCUT2D eigenvalue weighted by molar-refractivity contribution is -0.129. The zero-order chi connectivity index (χ0) is 11.5. The summed E-state index contributed by atoms with van der Waals surface area (Å²) in [7, 11) is 0. The largest absolute Gasteiger partial charge is 0.274 e. The third kappa shape index (κ3) is 1.80. The Bertz CT molecular complexity index is 472. The van der Waals surface area contributed by atoms with Gasteiger partial charge in [-0.3, -0.25) is 14.5 Å². The fourth-order valence-electron chi connectivity index (χ4n) is 1.76. The summed E-state index contributed by atoms with van der Waals surface area (Å²) in [5.41, 5.74) is 0.942. The van der Waals surface area contributed by atoms with Crippen LogP contribution in [0.1, 0.15) is 24.8 Å². The van der Waals surface area contributed by atoms with Crippen LogP contribution in [0.5, 0.6) is 0 Å². The molecule has 2 rings (SSSR count). The number of nitriles is 1. The van der Waals surface area contributed by atoms with E-state index in [4.69, 9.17) is 5.26 Å². The van der Waals surface area contributed by atoms with E-state index >= 15 is 0 Å². The third-order valence-electron chi connectivity index (χ3n) is 2.51. The molecule has 4 heteroatoms. The predicted octanol–water partition coefficient (Wildman–Crippen LogP) is 1.60. The molecule has 2 amide bonds. The van der Waals surface area contributed by atoms with Crippen molar-refractivity contribution in [3.05, 3.63) is 29.8 Å². The van der Waals surface area contributed by atoms with E-state index in [1.165, 1.54) is 4.90 Å². The molecule has 16 heavy (non-hydrogen) atoms. The van der Waals surface area contributed by atoms with Crippen molar-refractivity contribution in [3.63, 3.8) is 0 Å². The van der Waals surface area contributed by atoms with E-state index in [9.17, 15) is 9.59 Å². The maximum absolute atomic E-state index is 11.6. The molecule has 1 aliphatic heterocycles. The molecule has 0 saturated carbocycles. The number of anilines is 1. The molecule has 0 atom stereocenters. The average Bonchev–Trinajstić information content (AvgIpc) is 2.29. The van der Waals surface area contributed by atoms with Gasteiger partial charge in [-0.05, 0) is 24.6 Å². The SMILES string of the molecule is N#Cc1cccc(N2C(=O)CCCC2=O)c1. The van der Waals surface area contributed by atoms with Crippen LogP contribution in [0.15, 0.2) is 24.3 Å². The van der Waals surface area contributed by atoms with Crippen molar-refractivity contribution in [2.24, 2.45) is 0 Å². The first kappa shape index (κ1) is 10.4. The van der Waals surface area contributed by atoms with Crippen LogP contribution in [-0.4, -0.2) is 11.8 Å². The van der Waals surface area contributed by atoms with Gasteiger partial charge in [0.1, 0.15) is 0 Å². The fraction of sp³-hybridized carbons (Fsp3) is 0.250. The van der Waals surface area contributed by atoms with E-state index in [1.54, 1.807) is 24.3 Å². The zero-order valence-corrected chi connectivity index (χ0v) is 8.64. The standard InChI is InChI=1S/C12H10N2O2/c13-8-9-3-1-4-10(7-9)14-11(15)5-2-6-12(14)16/h1,3-4,7H,2,5-6H2. The number of hydrogen-bond donors (Lipinski definition) is 0. The highest BCUT2D eigenvalue weighted by Crippen LogP contribution is 2.22. The van der Waals surface area contributed by atoms with Gasteiger partial charge in [-0.2, -0.15) is 5.26 Å². The monoisotopic (exact) mass is 214 g/mol. The molecule has 0 bridgehead atoms. The molecule has 1 saturated heterocycles. The Balaban J connectivity index is 2.38. The predicted molar refractivity (Wildman–Crippen MR) is 57.5 cm³/mol. The molecule has 0 spiro atoms. The second kappa shape index (κ2) is 4.15. The molecule has 1 heterocycles. The summed E-state index contributed by atoms with van der Waals surface area (Å²) in [5.74, 6) is -0.377. The number of imide groups is 1. The Morgan fingerprint density at radius 3 is 2.50 bits per heavy atom. The normalized spacial score (nSPS) is 16.1. The molecule has 80 valence electrons. The van der Waals surface area contributed by atoms with Crippen molar-refractivity contribution in [3.8, 4) is 6.07 Å². The van der Waals surface area contributed by atoms with Crippen molar-refractivity contribution in [1.82, 2.24) is 0 Å². The van der Waals surface area contributed by atoms with Crippen LogP contribution in [0, 0.1) is 11.3 Å². The number of carbonyl (C=O) groups excluding carboxylic acids is 2. The third-order valence-corrected chi connectivity index (χ3v) is 2.51. The van der Waals surface area contributed by atoms with Crippen LogP contribution in [-0.2, 0) is 9.59 Å². The summed E-state index contributed by atoms with van der Waals surface area (Å²) >= 11 is 0. The smallest absolute Gasteiger partial charge is 0.233 e. The van der Waals surface area contributed by atoms with Gasteiger partial charge in [-0.25, -0.2) is 0 Å². The molecule has 0 N–H and O–H groups in total. The number of benzene rings is 1. The quantitative estimate of drug-likeness (QED) is 0.667. The molecule has 0 unspecified atom stereocenters. The molecule has 1 aromatic rings. The lowest BCUT2D eigenvalue weighted by atomic mass is 10.1. The van der Waals surface area contributed by atoms with Crippen LogP contribution < -0.4 is 4.90 Å². The minimum Gasteiger partial charge on any atom is -0.274 e. The van der Waals surface area contributed by atoms with Gasteiger partial charge in [-0.1, -0.05) is 6.07 Å². The highest BCUT2D eigenvalue weighted by Gasteiger charge is 2.27. The van der Waals surface area contributed by atoms with Crippen molar-refractivity contribution >= 4 is 17.5 Å². The van der Waals surface area contributed by atoms with E-state index in [2.05, 4.69) is 0 Å². The van der Waals surface area contributed by atoms with Gasteiger partial charge in [0.15, 0.2) is 0 Å². The highest BCUT2D eigenvalue weighted by molar-refractivity contribution is 6.16. The first-order chi connectivity index (χ1) is 7.72. The van der Waals surface area contributed by atoms with Gasteiger partial charge >= 0.3 is 0 Å². The zero-order valence-electron chi connectivity index (χ0n) is 8.64. The van der Waals surface area contributed by atoms with Gasteiger partial charge in [0.25, 0.3) is 0 Å². The summed E-state index contributed by atoms with van der Waals surface area (Å²) in [6.07, 6.45) is 1.40. The molecule has 4 nitrogen and oxygen atoms in total. The maximum atomic E-state index is 11.6. The second-order valence-electron chi connectivity index (χ2n) is 3.64. The minimum absolute atomic E-state index is 0.189. The fourth-order valence-corrected chi connectivity index (χ4v) is 1.76. The Morgan fingerprint density at radius 1 is 1.19 bits per heavy atom. The Morgan fingerprint density at radius 2 is 1.88 bits per heavy atom. The van der Waals surface area contributed by atoms with Gasteiger partial charge < -0.3 is 0 Å². The Kier molecular flexibility index (Phi) is 2.69. The first-order valence-electron chi connectivity index (χ1n) is 5.08. The number of amides is 2. The van der Waals surface area contributed by atoms with Gasteiger partial charge in [0.05, 0.1) is 17.3 Å². The molecular weight excluding hydrogens is 204 g/mol. The van der Waals surface area contributed by atoms with Crippen molar-refractivity contribution < 1.29 is 9.59 Å². The van der Waals surface area contributed by atoms with Crippen LogP contribution in [0.4, 0.5) is 5.69 Å². The van der Waals surface area contributed by atoms with Crippen LogP contribution in [0.25, 0.3) is 0 Å². The van der Waals surface area contributed by atoms with Gasteiger partial charge in [0, 0.05) is 12.8 Å². The number of piperidine rings is 1. The number of hydrogen-bond acceptors (Lipinski definition) is 3. The Labute approximate surface area is 93.1 Å². The van der Waals surface area contributed by atoms with E-state index < -0.39 is 0 Å². The summed E-state index contributed by atoms with van der Waals surface area (Å²) in [6, 6.07) is 8.52. The molecule has 1 aromatic carbocycles. The summed E-state index contributed by atoms with van der Waals surface area (Å²) in [5, 5.41) is 8.75. The molecule has 1 fully saturated rings. The Hall–Kier alpha value is -2.15. The second-order valence-corrected chi connectivity index (χ2v) is 3.64. The van der Waals surface area contributed by atoms with Crippen LogP contribution >= 0.6 is 0 Å². The van der Waals surface area contributed by atoms with Crippen molar-refractivity contribution in [2.75, 3.05) is 4.90 Å². The lowest BCUT2D eigenvalue weighted by Crippen LogP contribution is -2.40. The first-order valence-corrected chi connectivity index (χ1v) is 5.08. The molecule has 0 aliphatic carbocycles. The van der Waals surface area contributed by atoms with E-state index in [1.807, 2.05) is 6.07 Å². The number of nitrogens with zero attached hydrogens (tertiary/aromatic N) is 2. The summed E-state index contributed by atoms with van der Waals surface area (Å²) < 4.78 is 0. The average molecular weight is 214 g/mol. The van der Waals surface area contributed by atoms with E-state index in [0.717, 1.165) is 0 Å². The topological polar surface area (TPSA) is 61.2 Å². The van der Waals surface area contributed by atoms with Crippen LogP contribution in [0.3, 0.4) is 0 Å². The summed E-state index contributed by atoms with van der Waals surface area (Å²) in [4.78, 5) is 24.4. The highest BCUT2D eigenvalue weighted by atomic mass is 16.2. The van der Waals surface area contributed by atoms with Gasteiger partial charge in [-0.15, -0.1) is 0 Å². The van der Waals surface area contributed by atoms with E-state index in [-0.39, 0.29) is 11.8 Å². The maximum Gasteiger partial charge on any atom is 0.233 e. The van der Waals surface area contributed by atoms with Crippen molar-refractivity contribution in [1.29, 1.82) is 5.26 Å². The number of carbonyl (C=O) groups is 2. The lowest BCUT2D eigenvalue weighted by Gasteiger charge is -2.24. The molecule has 0 aromatic heterocycles.